The van der Waals surface area contributed by atoms with Crippen LogP contribution in [0.1, 0.15) is 0 Å². The smallest absolute Gasteiger partial charge is 0.201 e. The molecule has 72 valence electrons. The number of aromatic nitrogens is 1. The number of pyridine rings is 1. The molecule has 2 rings (SSSR count). The first-order valence-electron chi connectivity index (χ1n) is 4.06. The van der Waals surface area contributed by atoms with Gasteiger partial charge in [-0.2, -0.15) is 0 Å². The number of hydrogen-bond donors (Lipinski definition) is 2. The lowest BCUT2D eigenvalue weighted by Gasteiger charge is -2.08. The molecule has 4 heteroatoms. The minimum atomic E-state index is -0.244. The third-order valence-corrected chi connectivity index (χ3v) is 2.05. The quantitative estimate of drug-likeness (QED) is 0.673. The number of methoxy groups -OCH3 is 1. The molecule has 0 radical (unpaired) electrons. The molecular formula is C10H9NO3. The number of phenols is 2. The Hall–Kier alpha value is -1.97. The lowest BCUT2D eigenvalue weighted by Crippen LogP contribution is -1.87. The fourth-order valence-electron chi connectivity index (χ4n) is 1.39. The number of phenolic OH excluding ortho intramolecular Hbond substituents is 2. The van der Waals surface area contributed by atoms with Gasteiger partial charge < -0.3 is 14.9 Å². The van der Waals surface area contributed by atoms with Gasteiger partial charge in [0.25, 0.3) is 0 Å². The average Bonchev–Trinajstić information content (AvgIpc) is 2.20. The van der Waals surface area contributed by atoms with Crippen LogP contribution in [-0.4, -0.2) is 22.3 Å². The Kier molecular flexibility index (Phi) is 1.89. The second-order valence-electron chi connectivity index (χ2n) is 2.87. The van der Waals surface area contributed by atoms with Gasteiger partial charge in [0.2, 0.25) is 5.75 Å². The SMILES string of the molecule is COc1c(O)c(O)cc2cnccc12. The van der Waals surface area contributed by atoms with E-state index in [1.54, 1.807) is 18.5 Å². The summed E-state index contributed by atoms with van der Waals surface area (Å²) in [7, 11) is 1.44. The van der Waals surface area contributed by atoms with E-state index in [0.717, 1.165) is 10.8 Å². The summed E-state index contributed by atoms with van der Waals surface area (Å²) in [4.78, 5) is 3.91. The maximum Gasteiger partial charge on any atom is 0.201 e. The van der Waals surface area contributed by atoms with Crippen LogP contribution in [0, 0.1) is 0 Å². The van der Waals surface area contributed by atoms with E-state index < -0.39 is 0 Å². The van der Waals surface area contributed by atoms with Gasteiger partial charge in [-0.05, 0) is 12.1 Å². The van der Waals surface area contributed by atoms with Gasteiger partial charge in [0, 0.05) is 23.2 Å². The van der Waals surface area contributed by atoms with Crippen molar-refractivity contribution in [2.24, 2.45) is 0 Å². The summed E-state index contributed by atoms with van der Waals surface area (Å²) >= 11 is 0. The summed E-state index contributed by atoms with van der Waals surface area (Å²) in [5, 5.41) is 20.3. The van der Waals surface area contributed by atoms with Gasteiger partial charge in [-0.3, -0.25) is 4.98 Å². The van der Waals surface area contributed by atoms with Crippen molar-refractivity contribution in [1.29, 1.82) is 0 Å². The van der Waals surface area contributed by atoms with Gasteiger partial charge >= 0.3 is 0 Å². The van der Waals surface area contributed by atoms with Gasteiger partial charge in [0.05, 0.1) is 7.11 Å². The van der Waals surface area contributed by atoms with Crippen LogP contribution >= 0.6 is 0 Å². The predicted molar refractivity (Wildman–Crippen MR) is 51.6 cm³/mol. The zero-order valence-electron chi connectivity index (χ0n) is 7.56. The highest BCUT2D eigenvalue weighted by molar-refractivity contribution is 5.92. The van der Waals surface area contributed by atoms with Crippen LogP contribution in [0.5, 0.6) is 17.2 Å². The normalized spacial score (nSPS) is 10.4. The van der Waals surface area contributed by atoms with Crippen LogP contribution in [0.15, 0.2) is 24.5 Å². The molecule has 0 aliphatic heterocycles. The number of ether oxygens (including phenoxy) is 1. The Bertz CT molecular complexity index is 482. The number of aromatic hydroxyl groups is 2. The van der Waals surface area contributed by atoms with Crippen LogP contribution in [-0.2, 0) is 0 Å². The third-order valence-electron chi connectivity index (χ3n) is 2.05. The van der Waals surface area contributed by atoms with Gasteiger partial charge in [0.15, 0.2) is 11.5 Å². The third kappa shape index (κ3) is 1.12. The van der Waals surface area contributed by atoms with Crippen LogP contribution in [0.3, 0.4) is 0 Å². The Labute approximate surface area is 80.4 Å². The Morgan fingerprint density at radius 2 is 2.14 bits per heavy atom. The zero-order valence-corrected chi connectivity index (χ0v) is 7.56. The summed E-state index contributed by atoms with van der Waals surface area (Å²) in [6, 6.07) is 3.16. The largest absolute Gasteiger partial charge is 0.504 e. The van der Waals surface area contributed by atoms with Crippen molar-refractivity contribution in [2.45, 2.75) is 0 Å². The molecule has 0 saturated carbocycles. The number of fused-ring (bicyclic) bond motifs is 1. The zero-order chi connectivity index (χ0) is 10.1. The highest BCUT2D eigenvalue weighted by atomic mass is 16.5. The predicted octanol–water partition coefficient (Wildman–Crippen LogP) is 1.65. The van der Waals surface area contributed by atoms with Gasteiger partial charge in [-0.25, -0.2) is 0 Å². The van der Waals surface area contributed by atoms with Crippen molar-refractivity contribution in [3.05, 3.63) is 24.5 Å². The van der Waals surface area contributed by atoms with Gasteiger partial charge in [0.1, 0.15) is 0 Å². The lowest BCUT2D eigenvalue weighted by molar-refractivity contribution is 0.355. The molecular weight excluding hydrogens is 182 g/mol. The topological polar surface area (TPSA) is 62.6 Å². The summed E-state index contributed by atoms with van der Waals surface area (Å²) in [5.41, 5.74) is 0. The number of nitrogens with zero attached hydrogens (tertiary/aromatic N) is 1. The highest BCUT2D eigenvalue weighted by Gasteiger charge is 2.11. The van der Waals surface area contributed by atoms with E-state index in [2.05, 4.69) is 4.98 Å². The molecule has 0 aliphatic carbocycles. The van der Waals surface area contributed by atoms with Crippen molar-refractivity contribution in [2.75, 3.05) is 7.11 Å². The molecule has 2 N–H and O–H groups in total. The molecule has 0 fully saturated rings. The minimum Gasteiger partial charge on any atom is -0.504 e. The molecule has 0 spiro atoms. The minimum absolute atomic E-state index is 0.206. The maximum atomic E-state index is 9.50. The Morgan fingerprint density at radius 1 is 1.36 bits per heavy atom. The van der Waals surface area contributed by atoms with E-state index in [1.165, 1.54) is 13.2 Å². The van der Waals surface area contributed by atoms with E-state index in [1.807, 2.05) is 0 Å². The maximum absolute atomic E-state index is 9.50. The summed E-state index contributed by atoms with van der Waals surface area (Å²) in [6.07, 6.45) is 3.19. The van der Waals surface area contributed by atoms with E-state index in [0.29, 0.717) is 0 Å². The fourth-order valence-corrected chi connectivity index (χ4v) is 1.39. The summed E-state index contributed by atoms with van der Waals surface area (Å²) in [6.45, 7) is 0. The summed E-state index contributed by atoms with van der Waals surface area (Å²) in [5.74, 6) is -0.184. The van der Waals surface area contributed by atoms with E-state index in [4.69, 9.17) is 4.74 Å². The summed E-state index contributed by atoms with van der Waals surface area (Å²) < 4.78 is 5.00. The molecule has 2 aromatic rings. The molecule has 1 aromatic heterocycles. The molecule has 0 unspecified atom stereocenters. The van der Waals surface area contributed by atoms with Crippen LogP contribution in [0.25, 0.3) is 10.8 Å². The standard InChI is InChI=1S/C10H9NO3/c1-14-10-7-2-3-11-5-6(7)4-8(12)9(10)13/h2-5,12-13H,1H3. The molecule has 0 amide bonds. The van der Waals surface area contributed by atoms with Crippen LogP contribution in [0.4, 0.5) is 0 Å². The molecule has 1 aromatic carbocycles. The molecule has 4 nitrogen and oxygen atoms in total. The number of hydrogen-bond acceptors (Lipinski definition) is 4. The van der Waals surface area contributed by atoms with Crippen LogP contribution in [0.2, 0.25) is 0 Å². The van der Waals surface area contributed by atoms with E-state index in [9.17, 15) is 10.2 Å². The van der Waals surface area contributed by atoms with Crippen LogP contribution < -0.4 is 4.74 Å². The Morgan fingerprint density at radius 3 is 2.86 bits per heavy atom. The van der Waals surface area contributed by atoms with Crippen molar-refractivity contribution < 1.29 is 14.9 Å². The highest BCUT2D eigenvalue weighted by Crippen LogP contribution is 2.41. The van der Waals surface area contributed by atoms with E-state index in [-0.39, 0.29) is 17.2 Å². The number of rotatable bonds is 1. The lowest BCUT2D eigenvalue weighted by atomic mass is 10.1. The first-order chi connectivity index (χ1) is 6.74. The number of benzene rings is 1. The second kappa shape index (κ2) is 3.06. The molecule has 0 aliphatic rings. The molecule has 0 saturated heterocycles. The van der Waals surface area contributed by atoms with Gasteiger partial charge in [-0.1, -0.05) is 0 Å². The molecule has 14 heavy (non-hydrogen) atoms. The van der Waals surface area contributed by atoms with Gasteiger partial charge in [-0.15, -0.1) is 0 Å². The van der Waals surface area contributed by atoms with Crippen molar-refractivity contribution in [3.8, 4) is 17.2 Å². The molecule has 0 atom stereocenters. The first-order valence-corrected chi connectivity index (χ1v) is 4.06. The fraction of sp³-hybridized carbons (Fsp3) is 0.100. The second-order valence-corrected chi connectivity index (χ2v) is 2.87. The van der Waals surface area contributed by atoms with Crippen molar-refractivity contribution >= 4 is 10.8 Å². The first kappa shape index (κ1) is 8.62. The average molecular weight is 191 g/mol. The Balaban J connectivity index is 2.89. The molecule has 0 bridgehead atoms. The monoisotopic (exact) mass is 191 g/mol. The van der Waals surface area contributed by atoms with E-state index >= 15 is 0 Å². The molecule has 1 heterocycles. The van der Waals surface area contributed by atoms with Crippen molar-refractivity contribution in [1.82, 2.24) is 4.98 Å². The van der Waals surface area contributed by atoms with Crippen molar-refractivity contribution in [3.63, 3.8) is 0 Å².